The van der Waals surface area contributed by atoms with Gasteiger partial charge in [-0.15, -0.1) is 0 Å². The molecule has 0 N–H and O–H groups in total. The van der Waals surface area contributed by atoms with E-state index in [4.69, 9.17) is 4.98 Å². The molecular formula is C21H24N4O3S2. The number of carbonyl (C=O) groups is 1. The van der Waals surface area contributed by atoms with Crippen molar-refractivity contribution in [1.29, 1.82) is 0 Å². The second-order valence-corrected chi connectivity index (χ2v) is 10.6. The average Bonchev–Trinajstić information content (AvgIpc) is 3.17. The molecule has 9 heteroatoms. The maximum absolute atomic E-state index is 13.6. The summed E-state index contributed by atoms with van der Waals surface area (Å²) in [4.78, 5) is 24.4. The predicted octanol–water partition coefficient (Wildman–Crippen LogP) is 3.20. The summed E-state index contributed by atoms with van der Waals surface area (Å²) in [6.45, 7) is 2.97. The van der Waals surface area contributed by atoms with Crippen LogP contribution in [-0.2, 0) is 21.4 Å². The number of nitrogens with zero attached hydrogens (tertiary/aromatic N) is 4. The van der Waals surface area contributed by atoms with E-state index in [9.17, 15) is 13.2 Å². The number of aryl methyl sites for hydroxylation is 1. The number of anilines is 1. The number of benzene rings is 1. The number of rotatable bonds is 5. The summed E-state index contributed by atoms with van der Waals surface area (Å²) in [5, 5.41) is 0.617. The molecule has 0 unspecified atom stereocenters. The fourth-order valence-corrected chi connectivity index (χ4v) is 5.71. The minimum Gasteiger partial charge on any atom is -0.282 e. The molecule has 1 atom stereocenters. The summed E-state index contributed by atoms with van der Waals surface area (Å²) in [6, 6.07) is 11.6. The van der Waals surface area contributed by atoms with Crippen molar-refractivity contribution in [2.24, 2.45) is 5.92 Å². The van der Waals surface area contributed by atoms with Gasteiger partial charge in [0.15, 0.2) is 5.13 Å². The second kappa shape index (κ2) is 8.41. The summed E-state index contributed by atoms with van der Waals surface area (Å²) in [5.74, 6) is -0.504. The van der Waals surface area contributed by atoms with Crippen molar-refractivity contribution < 1.29 is 13.2 Å². The van der Waals surface area contributed by atoms with Crippen LogP contribution in [0, 0.1) is 12.8 Å². The highest BCUT2D eigenvalue weighted by Gasteiger charge is 2.34. The summed E-state index contributed by atoms with van der Waals surface area (Å²) >= 11 is 1.47. The summed E-state index contributed by atoms with van der Waals surface area (Å²) in [6.07, 6.45) is 4.22. The van der Waals surface area contributed by atoms with Crippen LogP contribution in [0.15, 0.2) is 42.6 Å². The van der Waals surface area contributed by atoms with Gasteiger partial charge in [0.1, 0.15) is 0 Å². The van der Waals surface area contributed by atoms with Crippen LogP contribution in [0.4, 0.5) is 5.13 Å². The van der Waals surface area contributed by atoms with E-state index >= 15 is 0 Å². The molecule has 1 aliphatic heterocycles. The van der Waals surface area contributed by atoms with Gasteiger partial charge in [-0.1, -0.05) is 29.5 Å². The van der Waals surface area contributed by atoms with Crippen molar-refractivity contribution in [3.8, 4) is 0 Å². The number of carbonyl (C=O) groups excluding carboxylic acids is 1. The lowest BCUT2D eigenvalue weighted by molar-refractivity contribution is -0.123. The predicted molar refractivity (Wildman–Crippen MR) is 119 cm³/mol. The summed E-state index contributed by atoms with van der Waals surface area (Å²) < 4.78 is 26.5. The SMILES string of the molecule is Cc1cccc2sc(N(Cc3ccccn3)C(=O)[C@H]3CCCN(S(C)(=O)=O)C3)nc12. The second-order valence-electron chi connectivity index (χ2n) is 7.62. The van der Waals surface area contributed by atoms with Crippen molar-refractivity contribution in [1.82, 2.24) is 14.3 Å². The molecule has 3 aromatic rings. The van der Waals surface area contributed by atoms with Crippen molar-refractivity contribution in [2.75, 3.05) is 24.2 Å². The van der Waals surface area contributed by atoms with Crippen LogP contribution >= 0.6 is 11.3 Å². The Kier molecular flexibility index (Phi) is 5.86. The van der Waals surface area contributed by atoms with Crippen LogP contribution < -0.4 is 4.90 Å². The van der Waals surface area contributed by atoms with Crippen LogP contribution in [0.5, 0.6) is 0 Å². The van der Waals surface area contributed by atoms with Crippen molar-refractivity contribution >= 4 is 42.6 Å². The fraction of sp³-hybridized carbons (Fsp3) is 0.381. The van der Waals surface area contributed by atoms with Crippen molar-refractivity contribution in [2.45, 2.75) is 26.3 Å². The fourth-order valence-electron chi connectivity index (χ4n) is 3.75. The highest BCUT2D eigenvalue weighted by atomic mass is 32.2. The van der Waals surface area contributed by atoms with E-state index < -0.39 is 15.9 Å². The molecule has 3 heterocycles. The normalized spacial score (nSPS) is 17.9. The Morgan fingerprint density at radius 2 is 2.10 bits per heavy atom. The Morgan fingerprint density at radius 3 is 2.80 bits per heavy atom. The lowest BCUT2D eigenvalue weighted by atomic mass is 9.98. The van der Waals surface area contributed by atoms with Crippen LogP contribution in [0.1, 0.15) is 24.1 Å². The lowest BCUT2D eigenvalue weighted by Gasteiger charge is -2.32. The molecule has 1 saturated heterocycles. The molecule has 1 fully saturated rings. The van der Waals surface area contributed by atoms with E-state index in [0.29, 0.717) is 31.1 Å². The van der Waals surface area contributed by atoms with Crippen LogP contribution in [0.25, 0.3) is 10.2 Å². The van der Waals surface area contributed by atoms with Gasteiger partial charge < -0.3 is 0 Å². The number of para-hydroxylation sites is 1. The lowest BCUT2D eigenvalue weighted by Crippen LogP contribution is -2.46. The summed E-state index contributed by atoms with van der Waals surface area (Å²) in [5.41, 5.74) is 2.71. The van der Waals surface area contributed by atoms with Gasteiger partial charge in [0.05, 0.1) is 34.6 Å². The molecule has 1 amide bonds. The highest BCUT2D eigenvalue weighted by molar-refractivity contribution is 7.88. The van der Waals surface area contributed by atoms with Gasteiger partial charge in [0.25, 0.3) is 0 Å². The summed E-state index contributed by atoms with van der Waals surface area (Å²) in [7, 11) is -3.33. The third kappa shape index (κ3) is 4.38. The first kappa shape index (κ1) is 20.9. The number of thiazole rings is 1. The van der Waals surface area contributed by atoms with Crippen LogP contribution in [-0.4, -0.2) is 47.9 Å². The largest absolute Gasteiger partial charge is 0.282 e. The van der Waals surface area contributed by atoms with Gasteiger partial charge in [-0.25, -0.2) is 17.7 Å². The van der Waals surface area contributed by atoms with Gasteiger partial charge in [0, 0.05) is 19.3 Å². The zero-order valence-corrected chi connectivity index (χ0v) is 18.6. The van der Waals surface area contributed by atoms with E-state index in [1.54, 1.807) is 11.1 Å². The van der Waals surface area contributed by atoms with Gasteiger partial charge >= 0.3 is 0 Å². The van der Waals surface area contributed by atoms with E-state index in [-0.39, 0.29) is 12.5 Å². The molecule has 2 aromatic heterocycles. The monoisotopic (exact) mass is 444 g/mol. The number of hydrogen-bond acceptors (Lipinski definition) is 6. The maximum Gasteiger partial charge on any atom is 0.233 e. The third-order valence-electron chi connectivity index (χ3n) is 5.36. The number of amides is 1. The Bertz CT molecular complexity index is 1160. The smallest absolute Gasteiger partial charge is 0.233 e. The Hall–Kier alpha value is -2.36. The number of sulfonamides is 1. The van der Waals surface area contributed by atoms with Gasteiger partial charge in [-0.05, 0) is 43.5 Å². The number of piperidine rings is 1. The number of fused-ring (bicyclic) bond motifs is 1. The maximum atomic E-state index is 13.6. The standard InChI is InChI=1S/C21H24N4O3S2/c1-15-7-5-10-18-19(15)23-21(29-18)25(14-17-9-3-4-11-22-17)20(26)16-8-6-12-24(13-16)30(2,27)28/h3-5,7,9-11,16H,6,8,12-14H2,1-2H3/t16-/m0/s1. The zero-order valence-electron chi connectivity index (χ0n) is 17.0. The van der Waals surface area contributed by atoms with E-state index in [1.165, 1.54) is 21.9 Å². The molecule has 0 spiro atoms. The number of aromatic nitrogens is 2. The van der Waals surface area contributed by atoms with Crippen molar-refractivity contribution in [3.05, 3.63) is 53.9 Å². The van der Waals surface area contributed by atoms with Gasteiger partial charge in [0.2, 0.25) is 15.9 Å². The molecule has 7 nitrogen and oxygen atoms in total. The van der Waals surface area contributed by atoms with Gasteiger partial charge in [-0.3, -0.25) is 14.7 Å². The molecule has 30 heavy (non-hydrogen) atoms. The number of hydrogen-bond donors (Lipinski definition) is 0. The average molecular weight is 445 g/mol. The molecule has 0 bridgehead atoms. The molecule has 0 saturated carbocycles. The first-order chi connectivity index (χ1) is 14.3. The highest BCUT2D eigenvalue weighted by Crippen LogP contribution is 2.33. The Morgan fingerprint density at radius 1 is 1.27 bits per heavy atom. The number of pyridine rings is 1. The molecule has 4 rings (SSSR count). The molecular weight excluding hydrogens is 420 g/mol. The minimum absolute atomic E-state index is 0.106. The topological polar surface area (TPSA) is 83.5 Å². The van der Waals surface area contributed by atoms with E-state index in [0.717, 1.165) is 21.5 Å². The molecule has 0 radical (unpaired) electrons. The third-order valence-corrected chi connectivity index (χ3v) is 7.67. The molecule has 1 aliphatic rings. The zero-order chi connectivity index (χ0) is 21.3. The van der Waals surface area contributed by atoms with Crippen molar-refractivity contribution in [3.63, 3.8) is 0 Å². The first-order valence-electron chi connectivity index (χ1n) is 9.85. The molecule has 158 valence electrons. The van der Waals surface area contributed by atoms with E-state index in [2.05, 4.69) is 4.98 Å². The Balaban J connectivity index is 1.69. The molecule has 0 aliphatic carbocycles. The first-order valence-corrected chi connectivity index (χ1v) is 12.5. The van der Waals surface area contributed by atoms with E-state index in [1.807, 2.05) is 43.3 Å². The quantitative estimate of drug-likeness (QED) is 0.603. The van der Waals surface area contributed by atoms with Gasteiger partial charge in [-0.2, -0.15) is 0 Å². The van der Waals surface area contributed by atoms with Crippen LogP contribution in [0.2, 0.25) is 0 Å². The molecule has 1 aromatic carbocycles. The Labute approximate surface area is 180 Å². The minimum atomic E-state index is -3.33. The van der Waals surface area contributed by atoms with Crippen LogP contribution in [0.3, 0.4) is 0 Å².